The van der Waals surface area contributed by atoms with Gasteiger partial charge in [-0.2, -0.15) is 0 Å². The summed E-state index contributed by atoms with van der Waals surface area (Å²) in [6.45, 7) is 5.62. The molecule has 27 heavy (non-hydrogen) atoms. The summed E-state index contributed by atoms with van der Waals surface area (Å²) in [6.07, 6.45) is 1.12. The molecular weight excluding hydrogens is 354 g/mol. The fourth-order valence-corrected chi connectivity index (χ4v) is 2.35. The Bertz CT molecular complexity index is 897. The molecule has 3 rings (SSSR count). The number of ether oxygens (including phenoxy) is 1. The summed E-state index contributed by atoms with van der Waals surface area (Å²) in [6, 6.07) is 7.10. The van der Waals surface area contributed by atoms with Crippen molar-refractivity contribution >= 4 is 17.5 Å². The van der Waals surface area contributed by atoms with Crippen LogP contribution in [0, 0.1) is 11.6 Å². The number of anilines is 3. The molecule has 7 nitrogen and oxygen atoms in total. The van der Waals surface area contributed by atoms with Crippen LogP contribution >= 0.6 is 0 Å². The van der Waals surface area contributed by atoms with Crippen LogP contribution in [0.4, 0.5) is 26.2 Å². The van der Waals surface area contributed by atoms with Crippen LogP contribution in [0.3, 0.4) is 0 Å². The molecule has 0 aliphatic rings. The molecule has 142 valence electrons. The Morgan fingerprint density at radius 3 is 2.63 bits per heavy atom. The Kier molecular flexibility index (Phi) is 5.49. The molecule has 3 N–H and O–H groups in total. The van der Waals surface area contributed by atoms with Crippen molar-refractivity contribution in [2.24, 2.45) is 0 Å². The molecule has 0 saturated heterocycles. The Hall–Kier alpha value is -3.23. The molecule has 0 fully saturated rings. The second-order valence-corrected chi connectivity index (χ2v) is 6.21. The quantitative estimate of drug-likeness (QED) is 0.575. The molecule has 0 saturated carbocycles. The van der Waals surface area contributed by atoms with Crippen molar-refractivity contribution in [2.75, 3.05) is 10.6 Å². The predicted octanol–water partition coefficient (Wildman–Crippen LogP) is 4.18. The van der Waals surface area contributed by atoms with Crippen LogP contribution in [0.2, 0.25) is 0 Å². The van der Waals surface area contributed by atoms with E-state index in [1.54, 1.807) is 12.1 Å². The summed E-state index contributed by atoms with van der Waals surface area (Å²) in [4.78, 5) is 8.26. The van der Waals surface area contributed by atoms with Crippen molar-refractivity contribution in [3.63, 3.8) is 0 Å². The normalized spacial score (nSPS) is 12.1. The zero-order valence-corrected chi connectivity index (χ0v) is 15.1. The molecule has 1 atom stereocenters. The standard InChI is InChI=1S/C18H20F2N6O/c1-10(2)27-17-8-16(25-26-17)24-18-13(20)5-7-15(23-18)22-11(3)14-6-4-12(19)9-21-14/h4-11H,1-3H3,(H3,22,23,24,25,26)/t11-/m0/s1. The van der Waals surface area contributed by atoms with Gasteiger partial charge < -0.3 is 15.4 Å². The van der Waals surface area contributed by atoms with Gasteiger partial charge in [0.15, 0.2) is 11.6 Å². The zero-order valence-electron chi connectivity index (χ0n) is 15.1. The summed E-state index contributed by atoms with van der Waals surface area (Å²) in [5, 5.41) is 12.7. The Morgan fingerprint density at radius 2 is 1.93 bits per heavy atom. The van der Waals surface area contributed by atoms with Crippen LogP contribution in [-0.2, 0) is 0 Å². The first-order valence-electron chi connectivity index (χ1n) is 8.44. The topological polar surface area (TPSA) is 87.8 Å². The zero-order chi connectivity index (χ0) is 19.4. The van der Waals surface area contributed by atoms with Gasteiger partial charge in [0.1, 0.15) is 17.5 Å². The third kappa shape index (κ3) is 4.90. The lowest BCUT2D eigenvalue weighted by atomic mass is 10.2. The highest BCUT2D eigenvalue weighted by Gasteiger charge is 2.12. The van der Waals surface area contributed by atoms with Gasteiger partial charge in [-0.1, -0.05) is 0 Å². The number of hydrogen-bond acceptors (Lipinski definition) is 6. The van der Waals surface area contributed by atoms with Crippen molar-refractivity contribution < 1.29 is 13.5 Å². The van der Waals surface area contributed by atoms with Crippen LogP contribution < -0.4 is 15.4 Å². The third-order valence-corrected chi connectivity index (χ3v) is 3.57. The van der Waals surface area contributed by atoms with E-state index < -0.39 is 11.6 Å². The van der Waals surface area contributed by atoms with E-state index in [0.29, 0.717) is 23.2 Å². The first-order valence-corrected chi connectivity index (χ1v) is 8.44. The van der Waals surface area contributed by atoms with Gasteiger partial charge in [-0.3, -0.25) is 10.1 Å². The van der Waals surface area contributed by atoms with E-state index >= 15 is 0 Å². The lowest BCUT2D eigenvalue weighted by molar-refractivity contribution is 0.232. The number of rotatable bonds is 7. The van der Waals surface area contributed by atoms with Crippen molar-refractivity contribution in [3.05, 3.63) is 53.9 Å². The lowest BCUT2D eigenvalue weighted by Gasteiger charge is -2.15. The maximum atomic E-state index is 14.1. The molecule has 0 aliphatic heterocycles. The summed E-state index contributed by atoms with van der Waals surface area (Å²) >= 11 is 0. The number of aromatic amines is 1. The number of halogens is 2. The van der Waals surface area contributed by atoms with Gasteiger partial charge in [0, 0.05) is 6.07 Å². The SMILES string of the molecule is CC(C)Oc1cc(Nc2nc(N[C@@H](C)c3ccc(F)cn3)ccc2F)[nH]n1. The summed E-state index contributed by atoms with van der Waals surface area (Å²) < 4.78 is 32.5. The van der Waals surface area contributed by atoms with E-state index in [1.807, 2.05) is 20.8 Å². The van der Waals surface area contributed by atoms with Crippen molar-refractivity contribution in [1.82, 2.24) is 20.2 Å². The van der Waals surface area contributed by atoms with Crippen molar-refractivity contribution in [3.8, 4) is 5.88 Å². The van der Waals surface area contributed by atoms with Gasteiger partial charge in [-0.05, 0) is 45.0 Å². The maximum Gasteiger partial charge on any atom is 0.234 e. The largest absolute Gasteiger partial charge is 0.474 e. The monoisotopic (exact) mass is 374 g/mol. The van der Waals surface area contributed by atoms with Crippen molar-refractivity contribution in [2.45, 2.75) is 32.9 Å². The van der Waals surface area contributed by atoms with Gasteiger partial charge in [0.05, 0.1) is 24.0 Å². The Balaban J connectivity index is 1.72. The van der Waals surface area contributed by atoms with E-state index in [4.69, 9.17) is 4.74 Å². The molecule has 0 spiro atoms. The van der Waals surface area contributed by atoms with E-state index in [0.717, 1.165) is 6.20 Å². The second-order valence-electron chi connectivity index (χ2n) is 6.21. The minimum absolute atomic E-state index is 0.0231. The second kappa shape index (κ2) is 7.98. The minimum Gasteiger partial charge on any atom is -0.474 e. The number of nitrogens with zero attached hydrogens (tertiary/aromatic N) is 3. The summed E-state index contributed by atoms with van der Waals surface area (Å²) in [7, 11) is 0. The molecule has 0 aromatic carbocycles. The highest BCUT2D eigenvalue weighted by molar-refractivity contribution is 5.56. The molecule has 3 aromatic rings. The number of H-pyrrole nitrogens is 1. The fourth-order valence-electron chi connectivity index (χ4n) is 2.35. The van der Waals surface area contributed by atoms with Crippen LogP contribution in [0.25, 0.3) is 0 Å². The molecule has 0 radical (unpaired) electrons. The van der Waals surface area contributed by atoms with Crippen LogP contribution in [-0.4, -0.2) is 26.3 Å². The number of nitrogens with one attached hydrogen (secondary N) is 3. The van der Waals surface area contributed by atoms with Gasteiger partial charge in [-0.15, -0.1) is 5.10 Å². The minimum atomic E-state index is -0.519. The van der Waals surface area contributed by atoms with Gasteiger partial charge in [-0.25, -0.2) is 13.8 Å². The molecule has 0 bridgehead atoms. The fraction of sp³-hybridized carbons (Fsp3) is 0.278. The molecule has 0 aliphatic carbocycles. The van der Waals surface area contributed by atoms with E-state index in [9.17, 15) is 8.78 Å². The molecule has 3 heterocycles. The third-order valence-electron chi connectivity index (χ3n) is 3.57. The first-order chi connectivity index (χ1) is 12.9. The lowest BCUT2D eigenvalue weighted by Crippen LogP contribution is -2.10. The van der Waals surface area contributed by atoms with E-state index in [1.165, 1.54) is 18.2 Å². The Morgan fingerprint density at radius 1 is 1.11 bits per heavy atom. The molecule has 0 unspecified atom stereocenters. The van der Waals surface area contributed by atoms with E-state index in [2.05, 4.69) is 30.8 Å². The van der Waals surface area contributed by atoms with Crippen LogP contribution in [0.1, 0.15) is 32.5 Å². The molecule has 9 heteroatoms. The smallest absolute Gasteiger partial charge is 0.234 e. The summed E-state index contributed by atoms with van der Waals surface area (Å²) in [5.41, 5.74) is 0.640. The van der Waals surface area contributed by atoms with Crippen LogP contribution in [0.5, 0.6) is 5.88 Å². The highest BCUT2D eigenvalue weighted by Crippen LogP contribution is 2.23. The van der Waals surface area contributed by atoms with Gasteiger partial charge in [0.25, 0.3) is 0 Å². The number of aromatic nitrogens is 4. The molecule has 0 amide bonds. The molecule has 3 aromatic heterocycles. The summed E-state index contributed by atoms with van der Waals surface area (Å²) in [5.74, 6) is 0.391. The molecular formula is C18H20F2N6O. The van der Waals surface area contributed by atoms with Gasteiger partial charge in [0.2, 0.25) is 5.88 Å². The van der Waals surface area contributed by atoms with Crippen molar-refractivity contribution in [1.29, 1.82) is 0 Å². The number of pyridine rings is 2. The predicted molar refractivity (Wildman–Crippen MR) is 98.1 cm³/mol. The highest BCUT2D eigenvalue weighted by atomic mass is 19.1. The average molecular weight is 374 g/mol. The van der Waals surface area contributed by atoms with Gasteiger partial charge >= 0.3 is 0 Å². The first kappa shape index (κ1) is 18.6. The van der Waals surface area contributed by atoms with E-state index in [-0.39, 0.29) is 18.0 Å². The van der Waals surface area contributed by atoms with Crippen LogP contribution in [0.15, 0.2) is 36.5 Å². The Labute approximate surface area is 155 Å². The number of hydrogen-bond donors (Lipinski definition) is 3. The average Bonchev–Trinajstić information content (AvgIpc) is 3.04. The maximum absolute atomic E-state index is 14.1.